The lowest BCUT2D eigenvalue weighted by Gasteiger charge is -2.08. The van der Waals surface area contributed by atoms with Gasteiger partial charge in [0.15, 0.2) is 6.61 Å². The van der Waals surface area contributed by atoms with Crippen molar-refractivity contribution in [2.24, 2.45) is 5.10 Å². The van der Waals surface area contributed by atoms with Gasteiger partial charge >= 0.3 is 11.8 Å². The van der Waals surface area contributed by atoms with Crippen LogP contribution >= 0.6 is 23.2 Å². The van der Waals surface area contributed by atoms with Crippen molar-refractivity contribution in [1.82, 2.24) is 10.7 Å². The van der Waals surface area contributed by atoms with E-state index in [9.17, 15) is 14.4 Å². The van der Waals surface area contributed by atoms with Gasteiger partial charge in [-0.25, -0.2) is 5.43 Å². The molecule has 3 amide bonds. The van der Waals surface area contributed by atoms with E-state index in [1.807, 2.05) is 0 Å². The van der Waals surface area contributed by atoms with Crippen LogP contribution in [0.3, 0.4) is 0 Å². The maximum atomic E-state index is 12.0. The summed E-state index contributed by atoms with van der Waals surface area (Å²) in [6, 6.07) is 11.3. The van der Waals surface area contributed by atoms with Gasteiger partial charge in [-0.15, -0.1) is 0 Å². The van der Waals surface area contributed by atoms with Gasteiger partial charge in [0, 0.05) is 36.0 Å². The summed E-state index contributed by atoms with van der Waals surface area (Å²) in [5.41, 5.74) is 3.26. The minimum Gasteiger partial charge on any atom is -0.484 e. The molecule has 11 heteroatoms. The molecule has 32 heavy (non-hydrogen) atoms. The highest BCUT2D eigenvalue weighted by Crippen LogP contribution is 2.22. The number of hydrogen-bond donors (Lipinski definition) is 3. The third kappa shape index (κ3) is 9.34. The molecule has 0 aromatic heterocycles. The van der Waals surface area contributed by atoms with E-state index in [1.165, 1.54) is 6.21 Å². The van der Waals surface area contributed by atoms with Crippen LogP contribution in [0.4, 0.5) is 5.69 Å². The maximum Gasteiger partial charge on any atom is 0.329 e. The number of nitrogens with zero attached hydrogens (tertiary/aromatic N) is 1. The molecule has 2 aromatic rings. The molecule has 0 saturated heterocycles. The van der Waals surface area contributed by atoms with Crippen LogP contribution < -0.4 is 20.8 Å². The van der Waals surface area contributed by atoms with Gasteiger partial charge in [0.05, 0.1) is 6.21 Å². The van der Waals surface area contributed by atoms with Crippen molar-refractivity contribution in [2.75, 3.05) is 32.2 Å². The second kappa shape index (κ2) is 13.3. The molecule has 9 nitrogen and oxygen atoms in total. The Labute approximate surface area is 195 Å². The van der Waals surface area contributed by atoms with Crippen LogP contribution in [0.25, 0.3) is 0 Å². The van der Waals surface area contributed by atoms with E-state index in [2.05, 4.69) is 21.2 Å². The topological polar surface area (TPSA) is 118 Å². The molecule has 0 bridgehead atoms. The monoisotopic (exact) mass is 480 g/mol. The number of methoxy groups -OCH3 is 1. The van der Waals surface area contributed by atoms with Gasteiger partial charge in [0.25, 0.3) is 5.91 Å². The number of hydrogen-bond acceptors (Lipinski definition) is 6. The van der Waals surface area contributed by atoms with E-state index >= 15 is 0 Å². The number of carbonyl (C=O) groups is 3. The second-order valence-corrected chi connectivity index (χ2v) is 7.24. The molecular formula is C21H22Cl2N4O5. The van der Waals surface area contributed by atoms with Gasteiger partial charge in [-0.3, -0.25) is 14.4 Å². The van der Waals surface area contributed by atoms with Gasteiger partial charge < -0.3 is 20.1 Å². The number of amides is 3. The first-order valence-corrected chi connectivity index (χ1v) is 10.2. The molecule has 3 N–H and O–H groups in total. The average Bonchev–Trinajstić information content (AvgIpc) is 2.75. The summed E-state index contributed by atoms with van der Waals surface area (Å²) in [5.74, 6) is -1.57. The Morgan fingerprint density at radius 2 is 1.72 bits per heavy atom. The van der Waals surface area contributed by atoms with Crippen LogP contribution in [0, 0.1) is 0 Å². The molecule has 0 atom stereocenters. The van der Waals surface area contributed by atoms with E-state index in [0.717, 1.165) is 0 Å². The Bertz CT molecular complexity index is 947. The molecule has 2 aromatic carbocycles. The molecule has 0 aliphatic rings. The normalized spacial score (nSPS) is 10.6. The van der Waals surface area contributed by atoms with Crippen LogP contribution in [0.1, 0.15) is 12.0 Å². The standard InChI is InChI=1S/C21H22Cl2N4O5/c1-31-8-2-7-24-20(29)21(30)27-25-12-14-3-5-18(6-4-14)32-13-19(28)26-17-10-15(22)9-16(23)11-17/h3-6,9-12H,2,7-8,13H2,1H3,(H,24,29)(H,26,28)(H,27,30)/b25-12-. The highest BCUT2D eigenvalue weighted by Gasteiger charge is 2.11. The van der Waals surface area contributed by atoms with Gasteiger partial charge in [0.2, 0.25) is 0 Å². The van der Waals surface area contributed by atoms with Crippen molar-refractivity contribution in [2.45, 2.75) is 6.42 Å². The molecule has 0 spiro atoms. The zero-order chi connectivity index (χ0) is 23.3. The third-order valence-corrected chi connectivity index (χ3v) is 4.23. The van der Waals surface area contributed by atoms with Crippen LogP contribution in [-0.4, -0.2) is 50.8 Å². The fourth-order valence-corrected chi connectivity index (χ4v) is 2.86. The first kappa shape index (κ1) is 25.1. The molecule has 170 valence electrons. The smallest absolute Gasteiger partial charge is 0.329 e. The van der Waals surface area contributed by atoms with Crippen molar-refractivity contribution in [1.29, 1.82) is 0 Å². The lowest BCUT2D eigenvalue weighted by molar-refractivity contribution is -0.139. The summed E-state index contributed by atoms with van der Waals surface area (Å²) < 4.78 is 10.3. The van der Waals surface area contributed by atoms with Crippen LogP contribution in [-0.2, 0) is 19.1 Å². The molecule has 0 heterocycles. The minimum atomic E-state index is -0.870. The fourth-order valence-electron chi connectivity index (χ4n) is 2.34. The number of ether oxygens (including phenoxy) is 2. The number of benzene rings is 2. The van der Waals surface area contributed by atoms with Crippen LogP contribution in [0.2, 0.25) is 10.0 Å². The SMILES string of the molecule is COCCCNC(=O)C(=O)N/N=C\c1ccc(OCC(=O)Nc2cc(Cl)cc(Cl)c2)cc1. The Balaban J connectivity index is 1.74. The first-order chi connectivity index (χ1) is 15.4. The molecule has 0 aliphatic carbocycles. The number of rotatable bonds is 10. The van der Waals surface area contributed by atoms with E-state index in [1.54, 1.807) is 49.6 Å². The largest absolute Gasteiger partial charge is 0.484 e. The predicted molar refractivity (Wildman–Crippen MR) is 122 cm³/mol. The number of anilines is 1. The van der Waals surface area contributed by atoms with E-state index in [4.69, 9.17) is 32.7 Å². The van der Waals surface area contributed by atoms with Gasteiger partial charge in [-0.2, -0.15) is 5.10 Å². The molecule has 0 fully saturated rings. The quantitative estimate of drug-likeness (QED) is 0.209. The number of carbonyl (C=O) groups excluding carboxylic acids is 3. The molecule has 2 rings (SSSR count). The van der Waals surface area contributed by atoms with Gasteiger partial charge in [0.1, 0.15) is 5.75 Å². The van der Waals surface area contributed by atoms with Crippen molar-refractivity contribution < 1.29 is 23.9 Å². The van der Waals surface area contributed by atoms with Gasteiger partial charge in [-0.05, 0) is 54.4 Å². The molecular weight excluding hydrogens is 459 g/mol. The van der Waals surface area contributed by atoms with Crippen molar-refractivity contribution in [3.05, 3.63) is 58.1 Å². The summed E-state index contributed by atoms with van der Waals surface area (Å²) in [4.78, 5) is 35.2. The average molecular weight is 481 g/mol. The fraction of sp³-hybridized carbons (Fsp3) is 0.238. The molecule has 0 aliphatic heterocycles. The van der Waals surface area contributed by atoms with Crippen LogP contribution in [0.15, 0.2) is 47.6 Å². The van der Waals surface area contributed by atoms with Gasteiger partial charge in [-0.1, -0.05) is 23.2 Å². The zero-order valence-electron chi connectivity index (χ0n) is 17.2. The summed E-state index contributed by atoms with van der Waals surface area (Å²) in [6.07, 6.45) is 1.97. The number of nitrogens with one attached hydrogen (secondary N) is 3. The Hall–Kier alpha value is -3.14. The summed E-state index contributed by atoms with van der Waals surface area (Å²) in [6.45, 7) is 0.602. The summed E-state index contributed by atoms with van der Waals surface area (Å²) in [7, 11) is 1.55. The van der Waals surface area contributed by atoms with Crippen LogP contribution in [0.5, 0.6) is 5.75 Å². The summed E-state index contributed by atoms with van der Waals surface area (Å²) >= 11 is 11.8. The van der Waals surface area contributed by atoms with Crippen molar-refractivity contribution >= 4 is 52.8 Å². The lowest BCUT2D eigenvalue weighted by atomic mass is 10.2. The molecule has 0 radical (unpaired) electrons. The lowest BCUT2D eigenvalue weighted by Crippen LogP contribution is -2.38. The molecule has 0 unspecified atom stereocenters. The van der Waals surface area contributed by atoms with Crippen molar-refractivity contribution in [3.8, 4) is 5.75 Å². The number of halogens is 2. The second-order valence-electron chi connectivity index (χ2n) is 6.37. The Morgan fingerprint density at radius 3 is 2.38 bits per heavy atom. The van der Waals surface area contributed by atoms with E-state index < -0.39 is 11.8 Å². The van der Waals surface area contributed by atoms with Crippen molar-refractivity contribution in [3.63, 3.8) is 0 Å². The van der Waals surface area contributed by atoms with E-state index in [0.29, 0.717) is 46.6 Å². The summed E-state index contributed by atoms with van der Waals surface area (Å²) in [5, 5.41) is 9.64. The Kier molecular flexibility index (Phi) is 10.5. The van der Waals surface area contributed by atoms with E-state index in [-0.39, 0.29) is 12.5 Å². The number of hydrazone groups is 1. The first-order valence-electron chi connectivity index (χ1n) is 9.46. The maximum absolute atomic E-state index is 12.0. The predicted octanol–water partition coefficient (Wildman–Crippen LogP) is 2.61. The third-order valence-electron chi connectivity index (χ3n) is 3.79. The Morgan fingerprint density at radius 1 is 1.03 bits per heavy atom. The highest BCUT2D eigenvalue weighted by atomic mass is 35.5. The highest BCUT2D eigenvalue weighted by molar-refractivity contribution is 6.35. The molecule has 0 saturated carbocycles. The minimum absolute atomic E-state index is 0.215. The zero-order valence-corrected chi connectivity index (χ0v) is 18.7.